The predicted molar refractivity (Wildman–Crippen MR) is 110 cm³/mol. The summed E-state index contributed by atoms with van der Waals surface area (Å²) >= 11 is 0. The summed E-state index contributed by atoms with van der Waals surface area (Å²) < 4.78 is 32.5. The molecule has 3 aromatic rings. The zero-order valence-corrected chi connectivity index (χ0v) is 16.7. The second-order valence-corrected chi connectivity index (χ2v) is 8.89. The van der Waals surface area contributed by atoms with Crippen molar-refractivity contribution < 1.29 is 17.9 Å². The van der Waals surface area contributed by atoms with Gasteiger partial charge in [0, 0.05) is 5.39 Å². The predicted octanol–water partition coefficient (Wildman–Crippen LogP) is 3.14. The lowest BCUT2D eigenvalue weighted by molar-refractivity contribution is -0.143. The van der Waals surface area contributed by atoms with Crippen LogP contribution in [0.4, 0.5) is 0 Å². The number of aryl methyl sites for hydroxylation is 2. The van der Waals surface area contributed by atoms with E-state index in [1.165, 1.54) is 5.56 Å². The monoisotopic (exact) mass is 410 g/mol. The average Bonchev–Trinajstić information content (AvgIpc) is 2.76. The summed E-state index contributed by atoms with van der Waals surface area (Å²) in [5.41, 5.74) is 3.70. The van der Waals surface area contributed by atoms with Crippen LogP contribution in [0.2, 0.25) is 0 Å². The molecule has 0 amide bonds. The van der Waals surface area contributed by atoms with Crippen LogP contribution in [0.3, 0.4) is 0 Å². The molecule has 0 atom stereocenters. The van der Waals surface area contributed by atoms with Crippen LogP contribution in [-0.4, -0.2) is 25.9 Å². The molecule has 0 fully saturated rings. The number of hydrogen-bond acceptors (Lipinski definition) is 5. The third-order valence-corrected chi connectivity index (χ3v) is 6.47. The molecule has 150 valence electrons. The van der Waals surface area contributed by atoms with Gasteiger partial charge in [-0.3, -0.25) is 4.79 Å². The summed E-state index contributed by atoms with van der Waals surface area (Å²) in [7, 11) is -3.77. The fraction of sp³-hybridized carbons (Fsp3) is 0.273. The molecular formula is C22H22N2O4S. The number of benzene rings is 2. The first-order valence-corrected chi connectivity index (χ1v) is 11.1. The Morgan fingerprint density at radius 1 is 1.00 bits per heavy atom. The number of pyridine rings is 1. The number of ether oxygens (including phenoxy) is 1. The van der Waals surface area contributed by atoms with Gasteiger partial charge < -0.3 is 4.74 Å². The fourth-order valence-electron chi connectivity index (χ4n) is 3.51. The first kappa shape index (κ1) is 19.5. The van der Waals surface area contributed by atoms with Gasteiger partial charge in [0.1, 0.15) is 13.2 Å². The van der Waals surface area contributed by atoms with Gasteiger partial charge in [0.2, 0.25) is 10.0 Å². The number of carbonyl (C=O) groups is 1. The topological polar surface area (TPSA) is 85.4 Å². The number of rotatable bonds is 6. The third kappa shape index (κ3) is 4.63. The highest BCUT2D eigenvalue weighted by atomic mass is 32.2. The van der Waals surface area contributed by atoms with Crippen molar-refractivity contribution in [2.24, 2.45) is 0 Å². The Morgan fingerprint density at radius 2 is 1.79 bits per heavy atom. The van der Waals surface area contributed by atoms with Crippen LogP contribution in [0.1, 0.15) is 29.7 Å². The molecule has 0 radical (unpaired) electrons. The first-order chi connectivity index (χ1) is 14.0. The molecule has 29 heavy (non-hydrogen) atoms. The van der Waals surface area contributed by atoms with Gasteiger partial charge in [-0.05, 0) is 61.1 Å². The van der Waals surface area contributed by atoms with Crippen molar-refractivity contribution in [3.8, 4) is 0 Å². The van der Waals surface area contributed by atoms with Crippen molar-refractivity contribution >= 4 is 26.9 Å². The number of para-hydroxylation sites is 1. The molecule has 1 aliphatic rings. The molecular weight excluding hydrogens is 388 g/mol. The van der Waals surface area contributed by atoms with Gasteiger partial charge in [0.25, 0.3) is 0 Å². The molecule has 0 bridgehead atoms. The van der Waals surface area contributed by atoms with E-state index in [9.17, 15) is 13.2 Å². The number of sulfonamides is 1. The summed E-state index contributed by atoms with van der Waals surface area (Å²) in [5, 5.41) is 1.00. The lowest BCUT2D eigenvalue weighted by Crippen LogP contribution is -2.30. The average molecular weight is 410 g/mol. The number of nitrogens with one attached hydrogen (secondary N) is 1. The molecule has 0 unspecified atom stereocenters. The van der Waals surface area contributed by atoms with E-state index in [0.29, 0.717) is 5.69 Å². The smallest absolute Gasteiger partial charge is 0.321 e. The van der Waals surface area contributed by atoms with Crippen molar-refractivity contribution in [3.05, 3.63) is 71.4 Å². The van der Waals surface area contributed by atoms with Crippen molar-refractivity contribution in [2.45, 2.75) is 37.2 Å². The fourth-order valence-corrected chi connectivity index (χ4v) is 4.53. The maximum Gasteiger partial charge on any atom is 0.321 e. The van der Waals surface area contributed by atoms with E-state index >= 15 is 0 Å². The lowest BCUT2D eigenvalue weighted by Gasteiger charge is -2.16. The molecule has 1 N–H and O–H groups in total. The van der Waals surface area contributed by atoms with Crippen LogP contribution in [0.5, 0.6) is 0 Å². The van der Waals surface area contributed by atoms with Crippen LogP contribution in [-0.2, 0) is 39.0 Å². The standard InChI is InChI=1S/C22H22N2O4S/c25-22(28-15-19-11-9-17-6-3-4-8-21(17)24-19)14-23-29(26,27)20-12-10-16-5-1-2-7-18(16)13-20/h3-4,6,8-13,23H,1-2,5,7,14-15H2. The number of carbonyl (C=O) groups excluding carboxylic acids is 1. The number of nitrogens with zero attached hydrogens (tertiary/aromatic N) is 1. The lowest BCUT2D eigenvalue weighted by atomic mass is 9.92. The van der Waals surface area contributed by atoms with Gasteiger partial charge in [0.05, 0.1) is 16.1 Å². The quantitative estimate of drug-likeness (QED) is 0.631. The molecule has 1 aromatic heterocycles. The third-order valence-electron chi connectivity index (χ3n) is 5.07. The Kier molecular flexibility index (Phi) is 5.60. The van der Waals surface area contributed by atoms with Gasteiger partial charge in [-0.15, -0.1) is 0 Å². The second-order valence-electron chi connectivity index (χ2n) is 7.12. The maximum atomic E-state index is 12.5. The highest BCUT2D eigenvalue weighted by Crippen LogP contribution is 2.24. The Bertz CT molecular complexity index is 1160. The summed E-state index contributed by atoms with van der Waals surface area (Å²) in [6, 6.07) is 16.5. The van der Waals surface area contributed by atoms with Crippen molar-refractivity contribution in [1.82, 2.24) is 9.71 Å². The van der Waals surface area contributed by atoms with Gasteiger partial charge in [0.15, 0.2) is 0 Å². The minimum atomic E-state index is -3.77. The second kappa shape index (κ2) is 8.31. The highest BCUT2D eigenvalue weighted by molar-refractivity contribution is 7.89. The van der Waals surface area contributed by atoms with E-state index in [0.717, 1.165) is 42.1 Å². The molecule has 0 spiro atoms. The molecule has 6 nitrogen and oxygen atoms in total. The van der Waals surface area contributed by atoms with Crippen molar-refractivity contribution in [1.29, 1.82) is 0 Å². The number of fused-ring (bicyclic) bond motifs is 2. The molecule has 1 aliphatic carbocycles. The van der Waals surface area contributed by atoms with Crippen molar-refractivity contribution in [3.63, 3.8) is 0 Å². The number of hydrogen-bond donors (Lipinski definition) is 1. The normalized spacial score (nSPS) is 13.8. The van der Waals surface area contributed by atoms with E-state index in [2.05, 4.69) is 9.71 Å². The Labute approximate surface area is 170 Å². The van der Waals surface area contributed by atoms with E-state index in [1.807, 2.05) is 36.4 Å². The maximum absolute atomic E-state index is 12.5. The summed E-state index contributed by atoms with van der Waals surface area (Å²) in [6.07, 6.45) is 4.08. The summed E-state index contributed by atoms with van der Waals surface area (Å²) in [6.45, 7) is -0.433. The SMILES string of the molecule is O=C(CNS(=O)(=O)c1ccc2c(c1)CCCC2)OCc1ccc2ccccc2n1. The Morgan fingerprint density at radius 3 is 2.66 bits per heavy atom. The van der Waals surface area contributed by atoms with Crippen LogP contribution in [0.25, 0.3) is 10.9 Å². The number of aromatic nitrogens is 1. The Balaban J connectivity index is 1.34. The zero-order valence-electron chi connectivity index (χ0n) is 15.9. The van der Waals surface area contributed by atoms with Crippen LogP contribution in [0.15, 0.2) is 59.5 Å². The molecule has 7 heteroatoms. The van der Waals surface area contributed by atoms with Crippen LogP contribution < -0.4 is 4.72 Å². The minimum absolute atomic E-state index is 0.00968. The Hall–Kier alpha value is -2.77. The minimum Gasteiger partial charge on any atom is -0.458 e. The van der Waals surface area contributed by atoms with E-state index in [4.69, 9.17) is 4.74 Å². The molecule has 1 heterocycles. The molecule has 4 rings (SSSR count). The van der Waals surface area contributed by atoms with Gasteiger partial charge in [-0.25, -0.2) is 13.4 Å². The van der Waals surface area contributed by atoms with E-state index in [1.54, 1.807) is 18.2 Å². The number of esters is 1. The van der Waals surface area contributed by atoms with Crippen LogP contribution >= 0.6 is 0 Å². The highest BCUT2D eigenvalue weighted by Gasteiger charge is 2.19. The molecule has 0 aliphatic heterocycles. The van der Waals surface area contributed by atoms with E-state index < -0.39 is 22.5 Å². The zero-order chi connectivity index (χ0) is 20.3. The molecule has 0 saturated heterocycles. The van der Waals surface area contributed by atoms with Gasteiger partial charge in [-0.2, -0.15) is 4.72 Å². The summed E-state index contributed by atoms with van der Waals surface area (Å²) in [5.74, 6) is -0.651. The summed E-state index contributed by atoms with van der Waals surface area (Å²) in [4.78, 5) is 16.6. The largest absolute Gasteiger partial charge is 0.458 e. The van der Waals surface area contributed by atoms with Crippen molar-refractivity contribution in [2.75, 3.05) is 6.54 Å². The molecule has 2 aromatic carbocycles. The van der Waals surface area contributed by atoms with Gasteiger partial charge in [-0.1, -0.05) is 30.3 Å². The van der Waals surface area contributed by atoms with E-state index in [-0.39, 0.29) is 11.5 Å². The van der Waals surface area contributed by atoms with Gasteiger partial charge >= 0.3 is 5.97 Å². The molecule has 0 saturated carbocycles. The first-order valence-electron chi connectivity index (χ1n) is 9.63. The van der Waals surface area contributed by atoms with Crippen LogP contribution in [0, 0.1) is 0 Å².